The van der Waals surface area contributed by atoms with Gasteiger partial charge >= 0.3 is 0 Å². The number of pyridine rings is 1. The highest BCUT2D eigenvalue weighted by Crippen LogP contribution is 2.26. The molecule has 2 heteroatoms. The molecule has 0 atom stereocenters. The van der Waals surface area contributed by atoms with E-state index in [-0.39, 0.29) is 0 Å². The Morgan fingerprint density at radius 1 is 1.11 bits per heavy atom. The lowest BCUT2D eigenvalue weighted by Crippen LogP contribution is -1.86. The average Bonchev–Trinajstić information content (AvgIpc) is 2.46. The fraction of sp³-hybridized carbons (Fsp3) is 0. The van der Waals surface area contributed by atoms with Crippen molar-refractivity contribution in [3.8, 4) is 17.2 Å². The number of benzene rings is 2. The zero-order valence-corrected chi connectivity index (χ0v) is 9.59. The van der Waals surface area contributed by atoms with Crippen molar-refractivity contribution in [1.29, 1.82) is 5.26 Å². The van der Waals surface area contributed by atoms with Gasteiger partial charge in [0.15, 0.2) is 0 Å². The quantitative estimate of drug-likeness (QED) is 0.639. The fourth-order valence-corrected chi connectivity index (χ4v) is 2.02. The van der Waals surface area contributed by atoms with Gasteiger partial charge in [0, 0.05) is 18.0 Å². The van der Waals surface area contributed by atoms with Gasteiger partial charge < -0.3 is 0 Å². The van der Waals surface area contributed by atoms with Gasteiger partial charge in [-0.3, -0.25) is 4.98 Å². The minimum atomic E-state index is 0.645. The molecule has 0 aliphatic rings. The first-order valence-corrected chi connectivity index (χ1v) is 5.63. The van der Waals surface area contributed by atoms with Crippen molar-refractivity contribution in [2.75, 3.05) is 0 Å². The highest BCUT2D eigenvalue weighted by atomic mass is 14.6. The van der Waals surface area contributed by atoms with E-state index in [0.29, 0.717) is 5.56 Å². The Morgan fingerprint density at radius 2 is 2.06 bits per heavy atom. The third-order valence-electron chi connectivity index (χ3n) is 2.94. The molecule has 2 aromatic carbocycles. The number of nitrogens with zero attached hydrogens (tertiary/aromatic N) is 2. The molecule has 2 nitrogen and oxygen atoms in total. The molecule has 83 valence electrons. The van der Waals surface area contributed by atoms with Crippen LogP contribution in [-0.4, -0.2) is 4.98 Å². The van der Waals surface area contributed by atoms with Crippen molar-refractivity contribution in [3.63, 3.8) is 0 Å². The van der Waals surface area contributed by atoms with Crippen molar-refractivity contribution < 1.29 is 0 Å². The summed E-state index contributed by atoms with van der Waals surface area (Å²) < 4.78 is 0. The van der Waals surface area contributed by atoms with Gasteiger partial charge in [0.1, 0.15) is 0 Å². The first-order chi connectivity index (χ1) is 8.88. The highest BCUT2D eigenvalue weighted by Gasteiger charge is 2.05. The summed E-state index contributed by atoms with van der Waals surface area (Å²) in [6.07, 6.45) is 3.37. The van der Waals surface area contributed by atoms with Crippen molar-refractivity contribution in [1.82, 2.24) is 4.98 Å². The van der Waals surface area contributed by atoms with Crippen molar-refractivity contribution >= 4 is 10.8 Å². The minimum Gasteiger partial charge on any atom is -0.264 e. The molecule has 0 aliphatic heterocycles. The Bertz CT molecular complexity index is 754. The molecule has 1 heterocycles. The molecule has 0 aliphatic carbocycles. The van der Waals surface area contributed by atoms with E-state index in [9.17, 15) is 0 Å². The molecule has 1 radical (unpaired) electrons. The maximum atomic E-state index is 9.11. The molecule has 0 saturated heterocycles. The SMILES string of the molecule is N#Cc1ccncc1-c1ccc2c[c]ccc2c1. The second-order valence-electron chi connectivity index (χ2n) is 4.02. The molecule has 0 spiro atoms. The van der Waals surface area contributed by atoms with E-state index in [1.165, 1.54) is 0 Å². The van der Waals surface area contributed by atoms with E-state index in [4.69, 9.17) is 5.26 Å². The topological polar surface area (TPSA) is 36.7 Å². The molecule has 3 aromatic rings. The van der Waals surface area contributed by atoms with Gasteiger partial charge in [0.05, 0.1) is 11.6 Å². The van der Waals surface area contributed by atoms with E-state index in [0.717, 1.165) is 21.9 Å². The molecule has 0 saturated carbocycles. The summed E-state index contributed by atoms with van der Waals surface area (Å²) in [5.74, 6) is 0. The zero-order chi connectivity index (χ0) is 12.4. The van der Waals surface area contributed by atoms with E-state index in [1.807, 2.05) is 30.3 Å². The van der Waals surface area contributed by atoms with E-state index in [2.05, 4.69) is 23.2 Å². The normalized spacial score (nSPS) is 10.2. The lowest BCUT2D eigenvalue weighted by atomic mass is 9.99. The third kappa shape index (κ3) is 1.72. The summed E-state index contributed by atoms with van der Waals surface area (Å²) in [6, 6.07) is 19.0. The second-order valence-corrected chi connectivity index (χ2v) is 4.02. The number of hydrogen-bond acceptors (Lipinski definition) is 2. The van der Waals surface area contributed by atoms with Crippen molar-refractivity contribution in [3.05, 3.63) is 66.5 Å². The molecule has 0 fully saturated rings. The maximum absolute atomic E-state index is 9.11. The summed E-state index contributed by atoms with van der Waals surface area (Å²) >= 11 is 0. The smallest absolute Gasteiger partial charge is 0.0999 e. The molecule has 0 bridgehead atoms. The summed E-state index contributed by atoms with van der Waals surface area (Å²) in [4.78, 5) is 4.09. The van der Waals surface area contributed by atoms with Gasteiger partial charge in [-0.25, -0.2) is 0 Å². The van der Waals surface area contributed by atoms with E-state index < -0.39 is 0 Å². The summed E-state index contributed by atoms with van der Waals surface area (Å²) in [6.45, 7) is 0. The van der Waals surface area contributed by atoms with Gasteiger partial charge in [-0.05, 0) is 40.6 Å². The predicted molar refractivity (Wildman–Crippen MR) is 70.7 cm³/mol. The van der Waals surface area contributed by atoms with Crippen molar-refractivity contribution in [2.45, 2.75) is 0 Å². The first kappa shape index (κ1) is 10.5. The van der Waals surface area contributed by atoms with Crippen LogP contribution in [0.1, 0.15) is 5.56 Å². The average molecular weight is 229 g/mol. The highest BCUT2D eigenvalue weighted by molar-refractivity contribution is 5.87. The molecular weight excluding hydrogens is 220 g/mol. The van der Waals surface area contributed by atoms with Crippen LogP contribution < -0.4 is 0 Å². The van der Waals surface area contributed by atoms with E-state index in [1.54, 1.807) is 18.5 Å². The minimum absolute atomic E-state index is 0.645. The second kappa shape index (κ2) is 4.31. The Labute approximate surface area is 105 Å². The number of rotatable bonds is 1. The summed E-state index contributed by atoms with van der Waals surface area (Å²) in [5, 5.41) is 11.4. The molecule has 0 N–H and O–H groups in total. The van der Waals surface area contributed by atoms with Gasteiger partial charge in [0.2, 0.25) is 0 Å². The van der Waals surface area contributed by atoms with Crippen LogP contribution in [0, 0.1) is 17.4 Å². The van der Waals surface area contributed by atoms with Crippen LogP contribution >= 0.6 is 0 Å². The summed E-state index contributed by atoms with van der Waals surface area (Å²) in [5.41, 5.74) is 2.53. The maximum Gasteiger partial charge on any atom is 0.0999 e. The predicted octanol–water partition coefficient (Wildman–Crippen LogP) is 3.57. The molecule has 1 aromatic heterocycles. The van der Waals surface area contributed by atoms with Crippen LogP contribution in [0.2, 0.25) is 0 Å². The molecule has 0 unspecified atom stereocenters. The summed E-state index contributed by atoms with van der Waals surface area (Å²) in [7, 11) is 0. The Kier molecular flexibility index (Phi) is 2.51. The van der Waals surface area contributed by atoms with Gasteiger partial charge in [-0.2, -0.15) is 5.26 Å². The number of fused-ring (bicyclic) bond motifs is 1. The molecule has 18 heavy (non-hydrogen) atoms. The van der Waals surface area contributed by atoms with Gasteiger partial charge in [0.25, 0.3) is 0 Å². The largest absolute Gasteiger partial charge is 0.264 e. The van der Waals surface area contributed by atoms with E-state index >= 15 is 0 Å². The van der Waals surface area contributed by atoms with Gasteiger partial charge in [-0.1, -0.05) is 24.3 Å². The Hall–Kier alpha value is -2.66. The van der Waals surface area contributed by atoms with Crippen LogP contribution in [0.5, 0.6) is 0 Å². The monoisotopic (exact) mass is 229 g/mol. The molecule has 0 amide bonds. The number of hydrogen-bond donors (Lipinski definition) is 0. The number of aromatic nitrogens is 1. The zero-order valence-electron chi connectivity index (χ0n) is 9.59. The van der Waals surface area contributed by atoms with Crippen LogP contribution in [-0.2, 0) is 0 Å². The lowest BCUT2D eigenvalue weighted by molar-refractivity contribution is 1.31. The van der Waals surface area contributed by atoms with Crippen molar-refractivity contribution in [2.24, 2.45) is 0 Å². The van der Waals surface area contributed by atoms with Crippen LogP contribution in [0.15, 0.2) is 54.9 Å². The third-order valence-corrected chi connectivity index (χ3v) is 2.94. The van der Waals surface area contributed by atoms with Crippen LogP contribution in [0.25, 0.3) is 21.9 Å². The van der Waals surface area contributed by atoms with Gasteiger partial charge in [-0.15, -0.1) is 0 Å². The first-order valence-electron chi connectivity index (χ1n) is 5.63. The molecule has 3 rings (SSSR count). The number of nitriles is 1. The van der Waals surface area contributed by atoms with Crippen LogP contribution in [0.4, 0.5) is 0 Å². The lowest BCUT2D eigenvalue weighted by Gasteiger charge is -2.05. The Balaban J connectivity index is 2.23. The Morgan fingerprint density at radius 3 is 2.94 bits per heavy atom. The fourth-order valence-electron chi connectivity index (χ4n) is 2.02. The molecular formula is C16H9N2. The van der Waals surface area contributed by atoms with Crippen LogP contribution in [0.3, 0.4) is 0 Å². The standard InChI is InChI=1S/C16H9N2/c17-10-15-7-8-18-11-16(15)14-6-5-12-3-1-2-4-13(12)9-14/h2-9,11H.